The maximum absolute atomic E-state index is 11.3. The standard InChI is InChI=1S/C17H16Cl2O3/c1-3-21-15-9-13(17(19)20)8-14(18)16(15)22-10-12-6-4-11(2)5-7-12/h4-9H,3,10H2,1-2H3. The van der Waals surface area contributed by atoms with Gasteiger partial charge in [-0.3, -0.25) is 4.79 Å². The Morgan fingerprint density at radius 1 is 1.14 bits per heavy atom. The normalized spacial score (nSPS) is 10.4. The van der Waals surface area contributed by atoms with Gasteiger partial charge >= 0.3 is 0 Å². The molecule has 0 fully saturated rings. The molecule has 0 amide bonds. The highest BCUT2D eigenvalue weighted by Gasteiger charge is 2.15. The van der Waals surface area contributed by atoms with Crippen LogP contribution in [0.2, 0.25) is 5.02 Å². The topological polar surface area (TPSA) is 35.5 Å². The third-order valence-corrected chi connectivity index (χ3v) is 3.54. The largest absolute Gasteiger partial charge is 0.490 e. The first kappa shape index (κ1) is 16.7. The van der Waals surface area contributed by atoms with Gasteiger partial charge in [0.25, 0.3) is 5.24 Å². The van der Waals surface area contributed by atoms with Crippen LogP contribution >= 0.6 is 23.2 Å². The molecule has 2 rings (SSSR count). The van der Waals surface area contributed by atoms with Crippen molar-refractivity contribution in [1.82, 2.24) is 0 Å². The molecule has 2 aromatic carbocycles. The number of carbonyl (C=O) groups excluding carboxylic acids is 1. The molecule has 0 saturated heterocycles. The van der Waals surface area contributed by atoms with Crippen LogP contribution in [0.25, 0.3) is 0 Å². The lowest BCUT2D eigenvalue weighted by atomic mass is 10.1. The number of hydrogen-bond acceptors (Lipinski definition) is 3. The molecule has 0 N–H and O–H groups in total. The quantitative estimate of drug-likeness (QED) is 0.695. The Labute approximate surface area is 139 Å². The highest BCUT2D eigenvalue weighted by Crippen LogP contribution is 2.37. The average Bonchev–Trinajstić information content (AvgIpc) is 2.48. The highest BCUT2D eigenvalue weighted by atomic mass is 35.5. The second kappa shape index (κ2) is 7.52. The Bertz CT molecular complexity index is 666. The van der Waals surface area contributed by atoms with Gasteiger partial charge in [0.05, 0.1) is 11.6 Å². The Balaban J connectivity index is 2.25. The minimum Gasteiger partial charge on any atom is -0.490 e. The van der Waals surface area contributed by atoms with Gasteiger partial charge in [-0.05, 0) is 43.1 Å². The number of benzene rings is 2. The van der Waals surface area contributed by atoms with Gasteiger partial charge < -0.3 is 9.47 Å². The molecule has 0 unspecified atom stereocenters. The zero-order valence-electron chi connectivity index (χ0n) is 12.4. The predicted octanol–water partition coefficient (Wildman–Crippen LogP) is 5.01. The van der Waals surface area contributed by atoms with Crippen molar-refractivity contribution in [3.8, 4) is 11.5 Å². The molecule has 0 saturated carbocycles. The Morgan fingerprint density at radius 3 is 2.41 bits per heavy atom. The van der Waals surface area contributed by atoms with Crippen molar-refractivity contribution >= 4 is 28.4 Å². The summed E-state index contributed by atoms with van der Waals surface area (Å²) >= 11 is 11.7. The average molecular weight is 339 g/mol. The summed E-state index contributed by atoms with van der Waals surface area (Å²) in [5.74, 6) is 0.817. The van der Waals surface area contributed by atoms with Crippen molar-refractivity contribution in [1.29, 1.82) is 0 Å². The molecule has 0 aromatic heterocycles. The molecular weight excluding hydrogens is 323 g/mol. The Kier molecular flexibility index (Phi) is 5.69. The van der Waals surface area contributed by atoms with Crippen LogP contribution in [-0.2, 0) is 6.61 Å². The van der Waals surface area contributed by atoms with Crippen LogP contribution < -0.4 is 9.47 Å². The van der Waals surface area contributed by atoms with Gasteiger partial charge in [-0.2, -0.15) is 0 Å². The molecule has 0 bridgehead atoms. The second-order valence-electron chi connectivity index (χ2n) is 4.77. The van der Waals surface area contributed by atoms with Crippen molar-refractivity contribution in [2.75, 3.05) is 6.61 Å². The van der Waals surface area contributed by atoms with Crippen LogP contribution in [0.3, 0.4) is 0 Å². The number of hydrogen-bond donors (Lipinski definition) is 0. The maximum atomic E-state index is 11.3. The Hall–Kier alpha value is -1.71. The van der Waals surface area contributed by atoms with E-state index in [0.717, 1.165) is 5.56 Å². The van der Waals surface area contributed by atoms with Crippen molar-refractivity contribution in [2.45, 2.75) is 20.5 Å². The van der Waals surface area contributed by atoms with Crippen LogP contribution in [0.4, 0.5) is 0 Å². The van der Waals surface area contributed by atoms with Gasteiger partial charge in [0, 0.05) is 5.56 Å². The summed E-state index contributed by atoms with van der Waals surface area (Å²) in [6.45, 7) is 4.65. The van der Waals surface area contributed by atoms with E-state index in [1.807, 2.05) is 38.1 Å². The fraction of sp³-hybridized carbons (Fsp3) is 0.235. The highest BCUT2D eigenvalue weighted by molar-refractivity contribution is 6.67. The van der Waals surface area contributed by atoms with E-state index in [9.17, 15) is 4.79 Å². The van der Waals surface area contributed by atoms with Crippen LogP contribution in [-0.4, -0.2) is 11.8 Å². The summed E-state index contributed by atoms with van der Waals surface area (Å²) in [6.07, 6.45) is 0. The molecule has 22 heavy (non-hydrogen) atoms. The van der Waals surface area contributed by atoms with Gasteiger partial charge in [0.2, 0.25) is 0 Å². The van der Waals surface area contributed by atoms with Gasteiger partial charge in [0.15, 0.2) is 11.5 Å². The van der Waals surface area contributed by atoms with Crippen molar-refractivity contribution in [2.24, 2.45) is 0 Å². The van der Waals surface area contributed by atoms with E-state index >= 15 is 0 Å². The number of ether oxygens (including phenoxy) is 2. The lowest BCUT2D eigenvalue weighted by Crippen LogP contribution is -2.02. The lowest BCUT2D eigenvalue weighted by molar-refractivity contribution is 0.108. The molecule has 116 valence electrons. The zero-order chi connectivity index (χ0) is 16.1. The first-order valence-corrected chi connectivity index (χ1v) is 7.61. The zero-order valence-corrected chi connectivity index (χ0v) is 13.9. The van der Waals surface area contributed by atoms with Crippen molar-refractivity contribution in [3.63, 3.8) is 0 Å². The molecule has 5 heteroatoms. The van der Waals surface area contributed by atoms with E-state index in [0.29, 0.717) is 29.7 Å². The maximum Gasteiger partial charge on any atom is 0.252 e. The summed E-state index contributed by atoms with van der Waals surface area (Å²) in [5, 5.41) is -0.296. The summed E-state index contributed by atoms with van der Waals surface area (Å²) in [6, 6.07) is 11.0. The van der Waals surface area contributed by atoms with Gasteiger partial charge in [-0.15, -0.1) is 0 Å². The molecule has 0 radical (unpaired) electrons. The fourth-order valence-corrected chi connectivity index (χ4v) is 2.30. The van der Waals surface area contributed by atoms with Crippen molar-refractivity contribution in [3.05, 3.63) is 58.1 Å². The minimum atomic E-state index is -0.590. The Morgan fingerprint density at radius 2 is 1.82 bits per heavy atom. The summed E-state index contributed by atoms with van der Waals surface area (Å²) in [5.41, 5.74) is 2.47. The number of halogens is 2. The summed E-state index contributed by atoms with van der Waals surface area (Å²) < 4.78 is 11.3. The molecule has 0 aliphatic heterocycles. The molecule has 0 aliphatic rings. The van der Waals surface area contributed by atoms with E-state index in [-0.39, 0.29) is 5.56 Å². The van der Waals surface area contributed by atoms with E-state index in [1.54, 1.807) is 0 Å². The number of carbonyl (C=O) groups is 1. The molecular formula is C17H16Cl2O3. The number of aryl methyl sites for hydroxylation is 1. The lowest BCUT2D eigenvalue weighted by Gasteiger charge is -2.14. The van der Waals surface area contributed by atoms with Gasteiger partial charge in [-0.1, -0.05) is 41.4 Å². The van der Waals surface area contributed by atoms with E-state index in [1.165, 1.54) is 17.7 Å². The smallest absolute Gasteiger partial charge is 0.252 e. The van der Waals surface area contributed by atoms with E-state index in [4.69, 9.17) is 32.7 Å². The summed E-state index contributed by atoms with van der Waals surface area (Å²) in [7, 11) is 0. The molecule has 2 aromatic rings. The van der Waals surface area contributed by atoms with E-state index < -0.39 is 5.24 Å². The molecule has 0 spiro atoms. The predicted molar refractivity (Wildman–Crippen MR) is 88.3 cm³/mol. The second-order valence-corrected chi connectivity index (χ2v) is 5.52. The van der Waals surface area contributed by atoms with Crippen LogP contribution in [0.15, 0.2) is 36.4 Å². The SMILES string of the molecule is CCOc1cc(C(=O)Cl)cc(Cl)c1OCc1ccc(C)cc1. The van der Waals surface area contributed by atoms with E-state index in [2.05, 4.69) is 0 Å². The van der Waals surface area contributed by atoms with Crippen molar-refractivity contribution < 1.29 is 14.3 Å². The fourth-order valence-electron chi connectivity index (χ4n) is 1.92. The van der Waals surface area contributed by atoms with Gasteiger partial charge in [0.1, 0.15) is 6.61 Å². The molecule has 3 nitrogen and oxygen atoms in total. The summed E-state index contributed by atoms with van der Waals surface area (Å²) in [4.78, 5) is 11.3. The minimum absolute atomic E-state index is 0.276. The van der Waals surface area contributed by atoms with Gasteiger partial charge in [-0.25, -0.2) is 0 Å². The van der Waals surface area contributed by atoms with Crippen LogP contribution in [0, 0.1) is 6.92 Å². The third-order valence-electron chi connectivity index (χ3n) is 3.04. The first-order chi connectivity index (χ1) is 10.5. The first-order valence-electron chi connectivity index (χ1n) is 6.85. The number of rotatable bonds is 6. The van der Waals surface area contributed by atoms with Crippen LogP contribution in [0.5, 0.6) is 11.5 Å². The third kappa shape index (κ3) is 4.15. The van der Waals surface area contributed by atoms with Crippen LogP contribution in [0.1, 0.15) is 28.4 Å². The molecule has 0 aliphatic carbocycles. The molecule has 0 atom stereocenters. The molecule has 0 heterocycles. The monoisotopic (exact) mass is 338 g/mol.